The van der Waals surface area contributed by atoms with Crippen molar-refractivity contribution in [2.24, 2.45) is 7.05 Å². The van der Waals surface area contributed by atoms with Crippen LogP contribution in [0.25, 0.3) is 11.4 Å². The first-order valence-electron chi connectivity index (χ1n) is 8.63. The van der Waals surface area contributed by atoms with Crippen LogP contribution in [0.3, 0.4) is 0 Å². The lowest BCUT2D eigenvalue weighted by Gasteiger charge is -2.08. The minimum atomic E-state index is -0.120. The molecule has 7 nitrogen and oxygen atoms in total. The van der Waals surface area contributed by atoms with Crippen LogP contribution < -0.4 is 5.32 Å². The number of thioether (sulfide) groups is 1. The largest absolute Gasteiger partial charge is 0.322 e. The van der Waals surface area contributed by atoms with E-state index < -0.39 is 0 Å². The number of rotatable bonds is 7. The van der Waals surface area contributed by atoms with Gasteiger partial charge in [0.15, 0.2) is 11.0 Å². The van der Waals surface area contributed by atoms with E-state index in [-0.39, 0.29) is 11.7 Å². The zero-order valence-corrected chi connectivity index (χ0v) is 17.5. The first-order chi connectivity index (χ1) is 13.4. The molecule has 146 valence electrons. The number of anilines is 1. The second kappa shape index (κ2) is 8.62. The maximum absolute atomic E-state index is 12.4. The third-order valence-corrected chi connectivity index (χ3v) is 5.46. The van der Waals surface area contributed by atoms with Crippen molar-refractivity contribution in [2.45, 2.75) is 25.5 Å². The van der Waals surface area contributed by atoms with Crippen molar-refractivity contribution >= 4 is 35.0 Å². The molecular formula is C19H21ClN6OS. The topological polar surface area (TPSA) is 77.6 Å². The number of hydrogen-bond donors (Lipinski definition) is 1. The fourth-order valence-corrected chi connectivity index (χ4v) is 3.64. The quantitative estimate of drug-likeness (QED) is 0.467. The van der Waals surface area contributed by atoms with Gasteiger partial charge in [0.05, 0.1) is 22.8 Å². The van der Waals surface area contributed by atoms with Crippen molar-refractivity contribution in [1.29, 1.82) is 0 Å². The Hall–Kier alpha value is -2.58. The van der Waals surface area contributed by atoms with E-state index in [1.165, 1.54) is 11.8 Å². The molecule has 0 bridgehead atoms. The van der Waals surface area contributed by atoms with Crippen molar-refractivity contribution in [3.05, 3.63) is 53.3 Å². The van der Waals surface area contributed by atoms with Crippen molar-refractivity contribution in [3.8, 4) is 11.4 Å². The van der Waals surface area contributed by atoms with Gasteiger partial charge in [-0.2, -0.15) is 5.10 Å². The normalized spacial score (nSPS) is 10.9. The van der Waals surface area contributed by atoms with Crippen molar-refractivity contribution in [2.75, 3.05) is 11.1 Å². The number of allylic oxidation sites excluding steroid dienone is 1. The molecule has 2 aromatic heterocycles. The van der Waals surface area contributed by atoms with Gasteiger partial charge in [0.2, 0.25) is 5.91 Å². The molecule has 0 aliphatic heterocycles. The van der Waals surface area contributed by atoms with Crippen LogP contribution in [0.1, 0.15) is 11.4 Å². The standard InChI is InChI=1S/C19H21ClN6OS/c1-5-10-26-18(14-6-8-15(20)9-7-14)22-23-19(26)28-11-16(27)21-17-12(2)24-25(4)13(17)3/h5-9H,1,10-11H2,2-4H3,(H,21,27). The van der Waals surface area contributed by atoms with Crippen LogP contribution in [-0.2, 0) is 18.4 Å². The number of hydrogen-bond acceptors (Lipinski definition) is 5. The Morgan fingerprint density at radius 1 is 1.29 bits per heavy atom. The summed E-state index contributed by atoms with van der Waals surface area (Å²) in [6, 6.07) is 7.40. The smallest absolute Gasteiger partial charge is 0.234 e. The summed E-state index contributed by atoms with van der Waals surface area (Å²) < 4.78 is 3.67. The summed E-state index contributed by atoms with van der Waals surface area (Å²) in [5, 5.41) is 17.1. The molecule has 0 saturated heterocycles. The Kier molecular flexibility index (Phi) is 6.21. The van der Waals surface area contributed by atoms with E-state index in [4.69, 9.17) is 11.6 Å². The molecule has 0 saturated carbocycles. The summed E-state index contributed by atoms with van der Waals surface area (Å²) in [6.07, 6.45) is 1.77. The van der Waals surface area contributed by atoms with Gasteiger partial charge < -0.3 is 5.32 Å². The summed E-state index contributed by atoms with van der Waals surface area (Å²) in [4.78, 5) is 12.4. The maximum atomic E-state index is 12.4. The summed E-state index contributed by atoms with van der Waals surface area (Å²) in [5.41, 5.74) is 3.35. The minimum Gasteiger partial charge on any atom is -0.322 e. The van der Waals surface area contributed by atoms with E-state index in [1.54, 1.807) is 10.8 Å². The SMILES string of the molecule is C=CCn1c(SCC(=O)Nc2c(C)nn(C)c2C)nnc1-c1ccc(Cl)cc1. The van der Waals surface area contributed by atoms with Crippen LogP contribution in [-0.4, -0.2) is 36.2 Å². The molecule has 28 heavy (non-hydrogen) atoms. The number of halogens is 1. The number of aromatic nitrogens is 5. The van der Waals surface area contributed by atoms with Crippen molar-refractivity contribution in [1.82, 2.24) is 24.5 Å². The van der Waals surface area contributed by atoms with Crippen molar-refractivity contribution < 1.29 is 4.79 Å². The first-order valence-corrected chi connectivity index (χ1v) is 10.00. The Morgan fingerprint density at radius 3 is 2.61 bits per heavy atom. The van der Waals surface area contributed by atoms with Gasteiger partial charge in [0.1, 0.15) is 0 Å². The molecule has 1 N–H and O–H groups in total. The highest BCUT2D eigenvalue weighted by Gasteiger charge is 2.17. The highest BCUT2D eigenvalue weighted by Crippen LogP contribution is 2.26. The van der Waals surface area contributed by atoms with E-state index in [2.05, 4.69) is 27.2 Å². The second-order valence-corrected chi connectivity index (χ2v) is 7.60. The van der Waals surface area contributed by atoms with Crippen LogP contribution in [0.5, 0.6) is 0 Å². The zero-order valence-electron chi connectivity index (χ0n) is 15.9. The van der Waals surface area contributed by atoms with Gasteiger partial charge in [-0.05, 0) is 38.1 Å². The number of nitrogens with zero attached hydrogens (tertiary/aromatic N) is 5. The average Bonchev–Trinajstić information content (AvgIpc) is 3.17. The van der Waals surface area contributed by atoms with E-state index in [9.17, 15) is 4.79 Å². The van der Waals surface area contributed by atoms with Gasteiger partial charge in [-0.1, -0.05) is 29.4 Å². The number of nitrogens with one attached hydrogen (secondary N) is 1. The number of aryl methyl sites for hydroxylation is 2. The van der Waals surface area contributed by atoms with Gasteiger partial charge in [0.25, 0.3) is 0 Å². The Bertz CT molecular complexity index is 1010. The van der Waals surface area contributed by atoms with E-state index in [0.29, 0.717) is 22.5 Å². The number of carbonyl (C=O) groups excluding carboxylic acids is 1. The minimum absolute atomic E-state index is 0.120. The Morgan fingerprint density at radius 2 is 2.00 bits per heavy atom. The Labute approximate surface area is 172 Å². The molecule has 0 fully saturated rings. The van der Waals surface area contributed by atoms with Gasteiger partial charge >= 0.3 is 0 Å². The monoisotopic (exact) mass is 416 g/mol. The molecule has 0 radical (unpaired) electrons. The molecule has 1 aromatic carbocycles. The molecule has 1 amide bonds. The number of amides is 1. The fraction of sp³-hybridized carbons (Fsp3) is 0.263. The van der Waals surface area contributed by atoms with Crippen LogP contribution in [0.2, 0.25) is 5.02 Å². The molecule has 0 spiro atoms. The maximum Gasteiger partial charge on any atom is 0.234 e. The van der Waals surface area contributed by atoms with Gasteiger partial charge in [0, 0.05) is 24.2 Å². The number of benzene rings is 1. The summed E-state index contributed by atoms with van der Waals surface area (Å²) in [6.45, 7) is 8.13. The molecule has 0 aliphatic rings. The van der Waals surface area contributed by atoms with Crippen LogP contribution in [0, 0.1) is 13.8 Å². The predicted octanol–water partition coefficient (Wildman–Crippen LogP) is 3.87. The van der Waals surface area contributed by atoms with E-state index in [0.717, 1.165) is 22.6 Å². The second-order valence-electron chi connectivity index (χ2n) is 6.22. The molecular weight excluding hydrogens is 396 g/mol. The van der Waals surface area contributed by atoms with Gasteiger partial charge in [-0.3, -0.25) is 14.0 Å². The zero-order chi connectivity index (χ0) is 20.3. The van der Waals surface area contributed by atoms with Crippen LogP contribution >= 0.6 is 23.4 Å². The third kappa shape index (κ3) is 4.28. The summed E-state index contributed by atoms with van der Waals surface area (Å²) in [7, 11) is 1.85. The molecule has 3 rings (SSSR count). The highest BCUT2D eigenvalue weighted by atomic mass is 35.5. The summed E-state index contributed by atoms with van der Waals surface area (Å²) in [5.74, 6) is 0.799. The molecule has 0 atom stereocenters. The van der Waals surface area contributed by atoms with Crippen LogP contribution in [0.4, 0.5) is 5.69 Å². The van der Waals surface area contributed by atoms with E-state index >= 15 is 0 Å². The highest BCUT2D eigenvalue weighted by molar-refractivity contribution is 7.99. The van der Waals surface area contributed by atoms with Crippen molar-refractivity contribution in [3.63, 3.8) is 0 Å². The third-order valence-electron chi connectivity index (χ3n) is 4.24. The molecule has 9 heteroatoms. The molecule has 0 unspecified atom stereocenters. The fourth-order valence-electron chi connectivity index (χ4n) is 2.76. The lowest BCUT2D eigenvalue weighted by molar-refractivity contribution is -0.113. The molecule has 3 aromatic rings. The Balaban J connectivity index is 1.74. The van der Waals surface area contributed by atoms with Gasteiger partial charge in [-0.15, -0.1) is 16.8 Å². The van der Waals surface area contributed by atoms with Gasteiger partial charge in [-0.25, -0.2) is 0 Å². The van der Waals surface area contributed by atoms with Crippen LogP contribution in [0.15, 0.2) is 42.1 Å². The first kappa shape index (κ1) is 20.2. The molecule has 0 aliphatic carbocycles. The number of carbonyl (C=O) groups is 1. The van der Waals surface area contributed by atoms with E-state index in [1.807, 2.05) is 49.7 Å². The average molecular weight is 417 g/mol. The summed E-state index contributed by atoms with van der Waals surface area (Å²) >= 11 is 7.29. The lowest BCUT2D eigenvalue weighted by Crippen LogP contribution is -2.15. The lowest BCUT2D eigenvalue weighted by atomic mass is 10.2. The molecule has 2 heterocycles. The predicted molar refractivity (Wildman–Crippen MR) is 113 cm³/mol.